The molecule has 2 amide bonds. The van der Waals surface area contributed by atoms with Crippen molar-refractivity contribution in [2.45, 2.75) is 19.3 Å². The molecule has 0 bridgehead atoms. The number of nitrogens with one attached hydrogen (secondary N) is 2. The number of carbonyl (C=O) groups excluding carboxylic acids is 2. The fourth-order valence-electron chi connectivity index (χ4n) is 3.32. The molecule has 2 aromatic rings. The summed E-state index contributed by atoms with van der Waals surface area (Å²) < 4.78 is 31.9. The molecule has 0 heterocycles. The molecule has 37 heavy (non-hydrogen) atoms. The maximum absolute atomic E-state index is 12.1. The van der Waals surface area contributed by atoms with Gasteiger partial charge in [0.1, 0.15) is 0 Å². The summed E-state index contributed by atoms with van der Waals surface area (Å²) in [7, 11) is 9.02. The summed E-state index contributed by atoms with van der Waals surface area (Å²) >= 11 is 0. The second kappa shape index (κ2) is 14.8. The van der Waals surface area contributed by atoms with E-state index < -0.39 is 0 Å². The van der Waals surface area contributed by atoms with E-state index in [1.807, 2.05) is 0 Å². The Hall–Kier alpha value is -4.48. The van der Waals surface area contributed by atoms with Crippen molar-refractivity contribution in [3.63, 3.8) is 0 Å². The van der Waals surface area contributed by atoms with Crippen molar-refractivity contribution in [3.8, 4) is 34.5 Å². The van der Waals surface area contributed by atoms with E-state index in [1.54, 1.807) is 24.3 Å². The van der Waals surface area contributed by atoms with Crippen LogP contribution in [0.4, 0.5) is 0 Å². The van der Waals surface area contributed by atoms with Gasteiger partial charge in [-0.2, -0.15) is 10.2 Å². The second-order valence-electron chi connectivity index (χ2n) is 7.29. The number of methoxy groups -OCH3 is 6. The average molecular weight is 517 g/mol. The zero-order chi connectivity index (χ0) is 27.2. The predicted octanol–water partition coefficient (Wildman–Crippen LogP) is 2.51. The minimum atomic E-state index is -0.345. The highest BCUT2D eigenvalue weighted by molar-refractivity contribution is 5.88. The van der Waals surface area contributed by atoms with Crippen molar-refractivity contribution in [1.82, 2.24) is 10.9 Å². The van der Waals surface area contributed by atoms with Gasteiger partial charge < -0.3 is 28.4 Å². The Kier molecular flexibility index (Phi) is 11.5. The van der Waals surface area contributed by atoms with Gasteiger partial charge in [0.15, 0.2) is 23.0 Å². The lowest BCUT2D eigenvalue weighted by Crippen LogP contribution is -2.20. The van der Waals surface area contributed by atoms with Crippen LogP contribution in [0.25, 0.3) is 0 Å². The summed E-state index contributed by atoms with van der Waals surface area (Å²) in [5.41, 5.74) is 6.02. The molecule has 200 valence electrons. The van der Waals surface area contributed by atoms with Gasteiger partial charge in [-0.05, 0) is 30.7 Å². The number of carbonyl (C=O) groups is 2. The molecule has 2 rings (SSSR count). The van der Waals surface area contributed by atoms with E-state index >= 15 is 0 Å². The molecule has 0 spiro atoms. The molecule has 0 aliphatic rings. The third-order valence-electron chi connectivity index (χ3n) is 5.06. The highest BCUT2D eigenvalue weighted by Gasteiger charge is 2.16. The maximum Gasteiger partial charge on any atom is 0.240 e. The van der Waals surface area contributed by atoms with Crippen molar-refractivity contribution < 1.29 is 38.0 Å². The van der Waals surface area contributed by atoms with Gasteiger partial charge in [-0.1, -0.05) is 0 Å². The van der Waals surface area contributed by atoms with Crippen molar-refractivity contribution in [2.24, 2.45) is 10.2 Å². The molecule has 0 atom stereocenters. The molecule has 0 aliphatic heterocycles. The normalized spacial score (nSPS) is 10.8. The molecule has 2 N–H and O–H groups in total. The molecular formula is C25H32N4O8. The number of hydrogen-bond donors (Lipinski definition) is 2. The first-order chi connectivity index (χ1) is 17.9. The van der Waals surface area contributed by atoms with Crippen molar-refractivity contribution in [2.75, 3.05) is 42.7 Å². The Morgan fingerprint density at radius 3 is 1.32 bits per heavy atom. The van der Waals surface area contributed by atoms with E-state index in [0.29, 0.717) is 52.0 Å². The Morgan fingerprint density at radius 1 is 0.622 bits per heavy atom. The zero-order valence-electron chi connectivity index (χ0n) is 21.7. The van der Waals surface area contributed by atoms with E-state index in [-0.39, 0.29) is 24.7 Å². The number of hydrogen-bond acceptors (Lipinski definition) is 10. The lowest BCUT2D eigenvalue weighted by Gasteiger charge is -2.13. The first kappa shape index (κ1) is 28.8. The minimum absolute atomic E-state index is 0.0983. The van der Waals surface area contributed by atoms with Crippen LogP contribution < -0.4 is 39.3 Å². The predicted molar refractivity (Wildman–Crippen MR) is 138 cm³/mol. The van der Waals surface area contributed by atoms with Crippen LogP contribution in [0.5, 0.6) is 34.5 Å². The summed E-state index contributed by atoms with van der Waals surface area (Å²) in [5.74, 6) is 1.99. The Balaban J connectivity index is 1.83. The van der Waals surface area contributed by atoms with Crippen LogP contribution in [0.2, 0.25) is 0 Å². The van der Waals surface area contributed by atoms with Gasteiger partial charge >= 0.3 is 0 Å². The number of amides is 2. The molecule has 12 nitrogen and oxygen atoms in total. The van der Waals surface area contributed by atoms with Gasteiger partial charge in [0.25, 0.3) is 0 Å². The van der Waals surface area contributed by atoms with Gasteiger partial charge in [0.05, 0.1) is 55.1 Å². The van der Waals surface area contributed by atoms with Crippen molar-refractivity contribution >= 4 is 24.2 Å². The van der Waals surface area contributed by atoms with Crippen LogP contribution in [0.15, 0.2) is 34.5 Å². The molecule has 0 unspecified atom stereocenters. The zero-order valence-corrected chi connectivity index (χ0v) is 21.7. The van der Waals surface area contributed by atoms with E-state index in [0.717, 1.165) is 0 Å². The van der Waals surface area contributed by atoms with E-state index in [1.165, 1.54) is 55.1 Å². The Morgan fingerprint density at radius 2 is 1.00 bits per heavy atom. The fourth-order valence-corrected chi connectivity index (χ4v) is 3.32. The summed E-state index contributed by atoms with van der Waals surface area (Å²) in [4.78, 5) is 24.2. The fraction of sp³-hybridized carbons (Fsp3) is 0.360. The standard InChI is InChI=1S/C25H32N4O8/c1-32-18-12-10-16(22(34-3)24(18)36-5)14-26-28-20(30)8-7-9-21(31)29-27-15-17-11-13-19(33-2)25(37-6)23(17)35-4/h10-15H,7-9H2,1-6H3,(H,28,30)(H,29,31). The van der Waals surface area contributed by atoms with Crippen molar-refractivity contribution in [3.05, 3.63) is 35.4 Å². The second-order valence-corrected chi connectivity index (χ2v) is 7.29. The Labute approximate surface area is 215 Å². The summed E-state index contributed by atoms with van der Waals surface area (Å²) in [5, 5.41) is 7.90. The minimum Gasteiger partial charge on any atom is -0.493 e. The third-order valence-corrected chi connectivity index (χ3v) is 5.06. The number of nitrogens with zero attached hydrogens (tertiary/aromatic N) is 2. The summed E-state index contributed by atoms with van der Waals surface area (Å²) in [6, 6.07) is 6.84. The Bertz CT molecular complexity index is 1050. The van der Waals surface area contributed by atoms with Gasteiger partial charge in [-0.3, -0.25) is 9.59 Å². The molecular weight excluding hydrogens is 484 g/mol. The molecule has 0 saturated heterocycles. The van der Waals surface area contributed by atoms with Crippen LogP contribution in [0.1, 0.15) is 30.4 Å². The highest BCUT2D eigenvalue weighted by Crippen LogP contribution is 2.39. The van der Waals surface area contributed by atoms with Gasteiger partial charge in [0.2, 0.25) is 23.3 Å². The van der Waals surface area contributed by atoms with E-state index in [4.69, 9.17) is 28.4 Å². The summed E-state index contributed by atoms with van der Waals surface area (Å²) in [6.45, 7) is 0. The topological polar surface area (TPSA) is 138 Å². The maximum atomic E-state index is 12.1. The lowest BCUT2D eigenvalue weighted by atomic mass is 10.2. The molecule has 0 aliphatic carbocycles. The molecule has 0 radical (unpaired) electrons. The first-order valence-electron chi connectivity index (χ1n) is 11.2. The number of ether oxygens (including phenoxy) is 6. The lowest BCUT2D eigenvalue weighted by molar-refractivity contribution is -0.122. The highest BCUT2D eigenvalue weighted by atomic mass is 16.5. The molecule has 0 aromatic heterocycles. The van der Waals surface area contributed by atoms with Crippen LogP contribution in [-0.2, 0) is 9.59 Å². The average Bonchev–Trinajstić information content (AvgIpc) is 2.91. The smallest absolute Gasteiger partial charge is 0.240 e. The monoisotopic (exact) mass is 516 g/mol. The van der Waals surface area contributed by atoms with Crippen LogP contribution in [0.3, 0.4) is 0 Å². The van der Waals surface area contributed by atoms with Gasteiger partial charge in [0, 0.05) is 24.0 Å². The largest absolute Gasteiger partial charge is 0.493 e. The van der Waals surface area contributed by atoms with Gasteiger partial charge in [-0.25, -0.2) is 10.9 Å². The molecule has 2 aromatic carbocycles. The quantitative estimate of drug-likeness (QED) is 0.289. The molecule has 0 fully saturated rings. The third kappa shape index (κ3) is 7.75. The van der Waals surface area contributed by atoms with E-state index in [2.05, 4.69) is 21.1 Å². The number of rotatable bonds is 14. The van der Waals surface area contributed by atoms with E-state index in [9.17, 15) is 9.59 Å². The SMILES string of the molecule is COc1ccc(C=NNC(=O)CCCC(=O)NN=Cc2ccc(OC)c(OC)c2OC)c(OC)c1OC. The summed E-state index contributed by atoms with van der Waals surface area (Å²) in [6.07, 6.45) is 3.37. The van der Waals surface area contributed by atoms with Crippen molar-refractivity contribution in [1.29, 1.82) is 0 Å². The van der Waals surface area contributed by atoms with Gasteiger partial charge in [-0.15, -0.1) is 0 Å². The number of benzene rings is 2. The van der Waals surface area contributed by atoms with Crippen LogP contribution in [0, 0.1) is 0 Å². The molecule has 0 saturated carbocycles. The first-order valence-corrected chi connectivity index (χ1v) is 11.2. The molecule has 12 heteroatoms. The van der Waals surface area contributed by atoms with Crippen LogP contribution in [-0.4, -0.2) is 66.9 Å². The van der Waals surface area contributed by atoms with Crippen LogP contribution >= 0.6 is 0 Å². The number of hydrazone groups is 2.